The number of hydrogen-bond acceptors (Lipinski definition) is 4. The lowest BCUT2D eigenvalue weighted by molar-refractivity contribution is 0.00578. The van der Waals surface area contributed by atoms with Gasteiger partial charge in [0.05, 0.1) is 11.2 Å². The molecule has 5 aromatic rings. The molecule has 0 aliphatic carbocycles. The highest BCUT2D eigenvalue weighted by Gasteiger charge is 2.52. The van der Waals surface area contributed by atoms with Gasteiger partial charge in [-0.3, -0.25) is 0 Å². The smallest absolute Gasteiger partial charge is 0.399 e. The van der Waals surface area contributed by atoms with Crippen LogP contribution >= 0.6 is 22.7 Å². The van der Waals surface area contributed by atoms with Gasteiger partial charge in [0, 0.05) is 19.2 Å². The molecule has 35 heavy (non-hydrogen) atoms. The van der Waals surface area contributed by atoms with Crippen LogP contribution < -0.4 is 4.78 Å². The molecule has 0 N–H and O–H groups in total. The first kappa shape index (κ1) is 22.7. The first-order valence-electron chi connectivity index (χ1n) is 11.9. The predicted molar refractivity (Wildman–Crippen MR) is 152 cm³/mol. The summed E-state index contributed by atoms with van der Waals surface area (Å²) in [6.07, 6.45) is 0. The molecule has 1 aliphatic heterocycles. The summed E-state index contributed by atoms with van der Waals surface area (Å²) in [5.41, 5.74) is 4.30. The largest absolute Gasteiger partial charge is 0.505 e. The van der Waals surface area contributed by atoms with Gasteiger partial charge in [-0.15, -0.1) is 22.7 Å². The van der Waals surface area contributed by atoms with Crippen LogP contribution in [-0.2, 0) is 9.31 Å². The third-order valence-corrected chi connectivity index (χ3v) is 9.47. The average Bonchev–Trinajstić information content (AvgIpc) is 3.55. The summed E-state index contributed by atoms with van der Waals surface area (Å²) >= 11 is 3.60. The van der Waals surface area contributed by atoms with Crippen molar-refractivity contribution in [2.45, 2.75) is 38.9 Å². The third kappa shape index (κ3) is 4.17. The van der Waals surface area contributed by atoms with Crippen LogP contribution in [0.2, 0.25) is 0 Å². The highest BCUT2D eigenvalue weighted by atomic mass is 32.1. The molecule has 0 spiro atoms. The summed E-state index contributed by atoms with van der Waals surface area (Å²) in [5, 5.41) is 1.23. The van der Waals surface area contributed by atoms with Gasteiger partial charge in [0.25, 0.3) is 0 Å². The molecule has 0 unspecified atom stereocenters. The van der Waals surface area contributed by atoms with E-state index in [1.165, 1.54) is 42.1 Å². The number of benzene rings is 3. The maximum atomic E-state index is 6.28. The van der Waals surface area contributed by atoms with E-state index in [1.54, 1.807) is 11.3 Å². The average molecular weight is 494 g/mol. The van der Waals surface area contributed by atoms with Crippen LogP contribution in [0, 0.1) is 0 Å². The Bertz CT molecular complexity index is 1500. The second kappa shape index (κ2) is 8.46. The van der Waals surface area contributed by atoms with Crippen molar-refractivity contribution >= 4 is 44.7 Å². The van der Waals surface area contributed by atoms with E-state index in [-0.39, 0.29) is 18.3 Å². The van der Waals surface area contributed by atoms with E-state index in [2.05, 4.69) is 119 Å². The predicted octanol–water partition coefficient (Wildman–Crippen LogP) is 8.26. The zero-order chi connectivity index (χ0) is 24.2. The Morgan fingerprint density at radius 2 is 1.20 bits per heavy atom. The van der Waals surface area contributed by atoms with Gasteiger partial charge in [0.2, 0.25) is 0 Å². The summed E-state index contributed by atoms with van der Waals surface area (Å²) in [6.45, 7) is 8.40. The lowest BCUT2D eigenvalue weighted by Crippen LogP contribution is -2.41. The fraction of sp³-hybridized carbons (Fsp3) is 0.200. The number of hydrogen-bond donors (Lipinski definition) is 0. The minimum absolute atomic E-state index is 0.318. The zero-order valence-electron chi connectivity index (χ0n) is 20.4. The molecule has 174 valence electrons. The van der Waals surface area contributed by atoms with Gasteiger partial charge in [-0.05, 0) is 85.7 Å². The van der Waals surface area contributed by atoms with Crippen molar-refractivity contribution < 1.29 is 9.31 Å². The van der Waals surface area contributed by atoms with E-state index in [9.17, 15) is 0 Å². The number of fused-ring (bicyclic) bond motifs is 1. The summed E-state index contributed by atoms with van der Waals surface area (Å²) in [6, 6.07) is 32.8. The summed E-state index contributed by atoms with van der Waals surface area (Å²) in [4.78, 5) is 2.58. The molecule has 1 aliphatic rings. The van der Waals surface area contributed by atoms with Crippen molar-refractivity contribution in [3.63, 3.8) is 0 Å². The minimum Gasteiger partial charge on any atom is -0.399 e. The summed E-state index contributed by atoms with van der Waals surface area (Å²) < 4.78 is 14.9. The Hall–Kier alpha value is -2.70. The lowest BCUT2D eigenvalue weighted by Gasteiger charge is -2.32. The molecule has 0 saturated carbocycles. The fourth-order valence-electron chi connectivity index (χ4n) is 4.41. The second-order valence-corrected chi connectivity index (χ2v) is 12.3. The summed E-state index contributed by atoms with van der Waals surface area (Å²) in [7, 11) is -0.318. The topological polar surface area (TPSA) is 18.5 Å². The first-order chi connectivity index (χ1) is 16.8. The number of thiophene rings is 2. The molecule has 5 heteroatoms. The molecule has 2 nitrogen and oxygen atoms in total. The van der Waals surface area contributed by atoms with Gasteiger partial charge in [-0.1, -0.05) is 60.7 Å². The molecule has 3 heterocycles. The highest BCUT2D eigenvalue weighted by molar-refractivity contribution is 7.28. The van der Waals surface area contributed by atoms with Crippen molar-refractivity contribution in [3.05, 3.63) is 91.0 Å². The second-order valence-electron chi connectivity index (χ2n) is 10.1. The van der Waals surface area contributed by atoms with E-state index in [0.29, 0.717) is 0 Å². The lowest BCUT2D eigenvalue weighted by atomic mass is 9.87. The van der Waals surface area contributed by atoms with Gasteiger partial charge in [-0.25, -0.2) is 0 Å². The van der Waals surface area contributed by atoms with Crippen molar-refractivity contribution in [2.75, 3.05) is 0 Å². The maximum absolute atomic E-state index is 6.28. The normalized spacial score (nSPS) is 16.7. The van der Waals surface area contributed by atoms with Gasteiger partial charge in [0.1, 0.15) is 0 Å². The van der Waals surface area contributed by atoms with E-state index in [4.69, 9.17) is 9.31 Å². The summed E-state index contributed by atoms with van der Waals surface area (Å²) in [5.74, 6) is 0. The monoisotopic (exact) mass is 494 g/mol. The van der Waals surface area contributed by atoms with E-state index in [1.807, 2.05) is 11.3 Å². The molecule has 3 aromatic carbocycles. The van der Waals surface area contributed by atoms with E-state index >= 15 is 0 Å². The minimum atomic E-state index is -0.332. The van der Waals surface area contributed by atoms with Gasteiger partial charge >= 0.3 is 7.12 Å². The van der Waals surface area contributed by atoms with Crippen molar-refractivity contribution in [3.8, 4) is 32.0 Å². The molecular weight excluding hydrogens is 467 g/mol. The Labute approximate surface area is 215 Å². The van der Waals surface area contributed by atoms with Crippen LogP contribution in [0.1, 0.15) is 27.7 Å². The van der Waals surface area contributed by atoms with E-state index < -0.39 is 0 Å². The van der Waals surface area contributed by atoms with Crippen LogP contribution in [0.5, 0.6) is 0 Å². The van der Waals surface area contributed by atoms with Crippen molar-refractivity contribution in [2.24, 2.45) is 0 Å². The Kier molecular flexibility index (Phi) is 5.50. The van der Waals surface area contributed by atoms with Crippen LogP contribution in [0.25, 0.3) is 42.1 Å². The molecule has 0 radical (unpaired) electrons. The quantitative estimate of drug-likeness (QED) is 0.234. The van der Waals surface area contributed by atoms with Crippen LogP contribution in [0.4, 0.5) is 0 Å². The van der Waals surface area contributed by atoms with Gasteiger partial charge in [0.15, 0.2) is 0 Å². The maximum Gasteiger partial charge on any atom is 0.505 e. The zero-order valence-corrected chi connectivity index (χ0v) is 22.0. The molecule has 0 atom stereocenters. The highest BCUT2D eigenvalue weighted by Crippen LogP contribution is 2.39. The molecule has 0 amide bonds. The third-order valence-electron chi connectivity index (χ3n) is 7.17. The molecular formula is C30H27BO2S2. The van der Waals surface area contributed by atoms with Gasteiger partial charge < -0.3 is 9.31 Å². The Balaban J connectivity index is 1.30. The first-order valence-corrected chi connectivity index (χ1v) is 13.6. The van der Waals surface area contributed by atoms with Crippen LogP contribution in [-0.4, -0.2) is 18.3 Å². The molecule has 1 fully saturated rings. The van der Waals surface area contributed by atoms with Gasteiger partial charge in [-0.2, -0.15) is 0 Å². The molecule has 2 aromatic heterocycles. The standard InChI is InChI=1S/C30H27BO2S2/c1-29(2)30(3,4)33-31(32-29)28-19-24-14-13-22(18-27(24)35-28)21-11-8-12-23(17-21)26-16-15-25(34-26)20-9-6-5-7-10-20/h5-19H,1-4H3. The number of rotatable bonds is 4. The molecule has 1 saturated heterocycles. The molecule has 6 rings (SSSR count). The van der Waals surface area contributed by atoms with Crippen molar-refractivity contribution in [1.29, 1.82) is 0 Å². The Morgan fingerprint density at radius 1 is 0.571 bits per heavy atom. The Morgan fingerprint density at radius 3 is 1.94 bits per heavy atom. The van der Waals surface area contributed by atoms with Crippen LogP contribution in [0.3, 0.4) is 0 Å². The SMILES string of the molecule is CC1(C)OB(c2cc3ccc(-c4cccc(-c5ccc(-c6ccccc6)s5)c4)cc3s2)OC1(C)C. The van der Waals surface area contributed by atoms with Crippen LogP contribution in [0.15, 0.2) is 91.0 Å². The van der Waals surface area contributed by atoms with Crippen molar-refractivity contribution in [1.82, 2.24) is 0 Å². The van der Waals surface area contributed by atoms with E-state index in [0.717, 1.165) is 4.78 Å². The molecule has 0 bridgehead atoms. The fourth-order valence-corrected chi connectivity index (χ4v) is 6.48.